The summed E-state index contributed by atoms with van der Waals surface area (Å²) in [7, 11) is 2.24. The molecule has 0 aliphatic rings. The predicted molar refractivity (Wildman–Crippen MR) is 172 cm³/mol. The van der Waals surface area contributed by atoms with Crippen molar-refractivity contribution >= 4 is 11.4 Å². The number of hydrogen-bond acceptors (Lipinski definition) is 3. The van der Waals surface area contributed by atoms with Gasteiger partial charge in [-0.25, -0.2) is 0 Å². The van der Waals surface area contributed by atoms with Crippen LogP contribution in [0.15, 0.2) is 24.3 Å². The standard InChI is InChI=1S/C35H59N3/c1-22(2)28-18-30(24(5)6)34(31(19-28)25(7)8)36-14-16-38(13)17-15-37-35-32(26(9)10)20-29(23(3)4)21-33(35)27(11)12/h18-27,36-37H,14-17H2,1-13H3. The van der Waals surface area contributed by atoms with E-state index in [2.05, 4.69) is 130 Å². The lowest BCUT2D eigenvalue weighted by molar-refractivity contribution is 0.360. The highest BCUT2D eigenvalue weighted by Gasteiger charge is 2.18. The first-order valence-corrected chi connectivity index (χ1v) is 15.3. The zero-order valence-electron chi connectivity index (χ0n) is 27.0. The third kappa shape index (κ3) is 8.50. The van der Waals surface area contributed by atoms with Crippen LogP contribution in [-0.4, -0.2) is 38.1 Å². The van der Waals surface area contributed by atoms with Crippen LogP contribution in [-0.2, 0) is 0 Å². The summed E-state index contributed by atoms with van der Waals surface area (Å²) >= 11 is 0. The highest BCUT2D eigenvalue weighted by atomic mass is 15.1. The van der Waals surface area contributed by atoms with Crippen molar-refractivity contribution in [2.45, 2.75) is 119 Å². The molecular weight excluding hydrogens is 462 g/mol. The van der Waals surface area contributed by atoms with Gasteiger partial charge in [-0.05, 0) is 75.9 Å². The molecule has 0 heterocycles. The number of likely N-dealkylation sites (N-methyl/N-ethyl adjacent to an activating group) is 1. The van der Waals surface area contributed by atoms with E-state index >= 15 is 0 Å². The minimum Gasteiger partial charge on any atom is -0.383 e. The molecule has 214 valence electrons. The van der Waals surface area contributed by atoms with Crippen LogP contribution in [0.2, 0.25) is 0 Å². The van der Waals surface area contributed by atoms with E-state index in [1.807, 2.05) is 0 Å². The number of nitrogens with zero attached hydrogens (tertiary/aromatic N) is 1. The average Bonchev–Trinajstić information content (AvgIpc) is 2.82. The molecule has 0 aliphatic carbocycles. The Morgan fingerprint density at radius 2 is 0.737 bits per heavy atom. The topological polar surface area (TPSA) is 27.3 Å². The quantitative estimate of drug-likeness (QED) is 0.259. The van der Waals surface area contributed by atoms with Crippen molar-refractivity contribution in [1.82, 2.24) is 4.90 Å². The highest BCUT2D eigenvalue weighted by molar-refractivity contribution is 5.63. The fourth-order valence-corrected chi connectivity index (χ4v) is 5.18. The molecule has 2 aromatic rings. The normalized spacial score (nSPS) is 12.3. The lowest BCUT2D eigenvalue weighted by Crippen LogP contribution is -2.30. The van der Waals surface area contributed by atoms with Crippen LogP contribution in [0.5, 0.6) is 0 Å². The van der Waals surface area contributed by atoms with Gasteiger partial charge in [-0.1, -0.05) is 107 Å². The van der Waals surface area contributed by atoms with E-state index in [1.165, 1.54) is 44.8 Å². The van der Waals surface area contributed by atoms with Gasteiger partial charge in [0.1, 0.15) is 0 Å². The number of nitrogens with one attached hydrogen (secondary N) is 2. The van der Waals surface area contributed by atoms with Crippen molar-refractivity contribution < 1.29 is 0 Å². The summed E-state index contributed by atoms with van der Waals surface area (Å²) in [6, 6.07) is 9.72. The van der Waals surface area contributed by atoms with Gasteiger partial charge in [0.05, 0.1) is 0 Å². The Morgan fingerprint density at radius 1 is 0.474 bits per heavy atom. The fraction of sp³-hybridized carbons (Fsp3) is 0.657. The first-order chi connectivity index (χ1) is 17.7. The van der Waals surface area contributed by atoms with Gasteiger partial charge in [-0.3, -0.25) is 0 Å². The van der Waals surface area contributed by atoms with Gasteiger partial charge < -0.3 is 15.5 Å². The number of hydrogen-bond donors (Lipinski definition) is 2. The van der Waals surface area contributed by atoms with Crippen molar-refractivity contribution in [3.63, 3.8) is 0 Å². The molecule has 0 aliphatic heterocycles. The highest BCUT2D eigenvalue weighted by Crippen LogP contribution is 2.37. The largest absolute Gasteiger partial charge is 0.383 e. The molecule has 0 atom stereocenters. The molecular formula is C35H59N3. The van der Waals surface area contributed by atoms with E-state index in [-0.39, 0.29) is 0 Å². The second-order valence-electron chi connectivity index (χ2n) is 13.2. The SMILES string of the molecule is CC(C)c1cc(C(C)C)c(NCCN(C)CCNc2c(C(C)C)cc(C(C)C)cc2C(C)C)c(C(C)C)c1. The van der Waals surface area contributed by atoms with Crippen LogP contribution in [0.4, 0.5) is 11.4 Å². The lowest BCUT2D eigenvalue weighted by Gasteiger charge is -2.26. The summed E-state index contributed by atoms with van der Waals surface area (Å²) in [6.45, 7) is 31.7. The van der Waals surface area contributed by atoms with Crippen molar-refractivity contribution in [3.05, 3.63) is 57.6 Å². The smallest absolute Gasteiger partial charge is 0.0411 e. The Balaban J connectivity index is 2.09. The fourth-order valence-electron chi connectivity index (χ4n) is 5.18. The molecule has 0 saturated heterocycles. The lowest BCUT2D eigenvalue weighted by atomic mass is 9.87. The minimum atomic E-state index is 0.503. The van der Waals surface area contributed by atoms with Crippen LogP contribution >= 0.6 is 0 Å². The van der Waals surface area contributed by atoms with E-state index in [0.717, 1.165) is 26.2 Å². The van der Waals surface area contributed by atoms with Crippen LogP contribution in [0.25, 0.3) is 0 Å². The molecule has 0 bridgehead atoms. The Morgan fingerprint density at radius 3 is 0.947 bits per heavy atom. The second-order valence-corrected chi connectivity index (χ2v) is 13.2. The van der Waals surface area contributed by atoms with E-state index in [9.17, 15) is 0 Å². The number of benzene rings is 2. The van der Waals surface area contributed by atoms with Crippen LogP contribution in [0.3, 0.4) is 0 Å². The first-order valence-electron chi connectivity index (χ1n) is 15.3. The maximum atomic E-state index is 3.85. The number of rotatable bonds is 14. The molecule has 0 amide bonds. The third-order valence-corrected chi connectivity index (χ3v) is 7.86. The van der Waals surface area contributed by atoms with Crippen LogP contribution < -0.4 is 10.6 Å². The molecule has 3 nitrogen and oxygen atoms in total. The molecule has 2 N–H and O–H groups in total. The molecule has 0 aromatic heterocycles. The summed E-state index contributed by atoms with van der Waals surface area (Å²) in [4.78, 5) is 2.44. The van der Waals surface area contributed by atoms with Gasteiger partial charge in [0.2, 0.25) is 0 Å². The van der Waals surface area contributed by atoms with Crippen LogP contribution in [0, 0.1) is 0 Å². The zero-order valence-corrected chi connectivity index (χ0v) is 27.0. The zero-order chi connectivity index (χ0) is 28.7. The van der Waals surface area contributed by atoms with Crippen molar-refractivity contribution in [2.24, 2.45) is 0 Å². The minimum absolute atomic E-state index is 0.503. The molecule has 0 spiro atoms. The summed E-state index contributed by atoms with van der Waals surface area (Å²) in [6.07, 6.45) is 0. The summed E-state index contributed by atoms with van der Waals surface area (Å²) in [5.41, 5.74) is 11.4. The Bertz CT molecular complexity index is 874. The Kier molecular flexibility index (Phi) is 12.2. The van der Waals surface area contributed by atoms with Crippen molar-refractivity contribution in [2.75, 3.05) is 43.9 Å². The van der Waals surface area contributed by atoms with Crippen molar-refractivity contribution in [1.29, 1.82) is 0 Å². The molecule has 0 radical (unpaired) electrons. The summed E-state index contributed by atoms with van der Waals surface area (Å²) in [5, 5.41) is 7.71. The van der Waals surface area contributed by atoms with Gasteiger partial charge in [-0.15, -0.1) is 0 Å². The van der Waals surface area contributed by atoms with Gasteiger partial charge in [-0.2, -0.15) is 0 Å². The Labute approximate surface area is 236 Å². The van der Waals surface area contributed by atoms with Gasteiger partial charge in [0.25, 0.3) is 0 Å². The van der Waals surface area contributed by atoms with Crippen molar-refractivity contribution in [3.8, 4) is 0 Å². The van der Waals surface area contributed by atoms with E-state index in [0.29, 0.717) is 35.5 Å². The molecule has 0 unspecified atom stereocenters. The molecule has 0 saturated carbocycles. The second kappa shape index (κ2) is 14.4. The number of anilines is 2. The third-order valence-electron chi connectivity index (χ3n) is 7.86. The van der Waals surface area contributed by atoms with Crippen LogP contribution in [0.1, 0.15) is 152 Å². The van der Waals surface area contributed by atoms with E-state index in [4.69, 9.17) is 0 Å². The molecule has 2 aromatic carbocycles. The van der Waals surface area contributed by atoms with Gasteiger partial charge in [0.15, 0.2) is 0 Å². The molecule has 38 heavy (non-hydrogen) atoms. The molecule has 2 rings (SSSR count). The monoisotopic (exact) mass is 521 g/mol. The van der Waals surface area contributed by atoms with Gasteiger partial charge in [0, 0.05) is 37.6 Å². The summed E-state index contributed by atoms with van der Waals surface area (Å²) < 4.78 is 0. The molecule has 0 fully saturated rings. The van der Waals surface area contributed by atoms with Gasteiger partial charge >= 0.3 is 0 Å². The van der Waals surface area contributed by atoms with E-state index in [1.54, 1.807) is 0 Å². The first kappa shape index (κ1) is 32.2. The molecule has 3 heteroatoms. The maximum Gasteiger partial charge on any atom is 0.0411 e. The summed E-state index contributed by atoms with van der Waals surface area (Å²) in [5.74, 6) is 3.11. The van der Waals surface area contributed by atoms with E-state index < -0.39 is 0 Å². The Hall–Kier alpha value is -2.00. The average molecular weight is 522 g/mol. The maximum absolute atomic E-state index is 3.85. The predicted octanol–water partition coefficient (Wildman–Crippen LogP) is 9.88.